The molecule has 0 bridgehead atoms. The number of nitro benzene ring substituents is 1. The summed E-state index contributed by atoms with van der Waals surface area (Å²) in [5.74, 6) is 0.0562. The van der Waals surface area contributed by atoms with Gasteiger partial charge in [-0.15, -0.1) is 0 Å². The number of nitrogens with zero attached hydrogens (tertiary/aromatic N) is 2. The molecule has 2 rings (SSSR count). The van der Waals surface area contributed by atoms with Crippen molar-refractivity contribution in [1.29, 1.82) is 0 Å². The Morgan fingerprint density at radius 3 is 2.89 bits per heavy atom. The Hall–Kier alpha value is -1.95. The van der Waals surface area contributed by atoms with Gasteiger partial charge in [0.15, 0.2) is 0 Å². The monoisotopic (exact) mass is 263 g/mol. The number of hydrogen-bond acceptors (Lipinski definition) is 4. The van der Waals surface area contributed by atoms with Gasteiger partial charge in [-0.25, -0.2) is 0 Å². The van der Waals surface area contributed by atoms with E-state index >= 15 is 0 Å². The molecule has 19 heavy (non-hydrogen) atoms. The van der Waals surface area contributed by atoms with Crippen LogP contribution >= 0.6 is 0 Å². The molecule has 1 aliphatic heterocycles. The number of non-ortho nitro benzene ring substituents is 1. The zero-order valence-electron chi connectivity index (χ0n) is 10.8. The molecule has 0 spiro atoms. The number of carbonyl (C=O) groups excluding carboxylic acids is 1. The molecule has 102 valence electrons. The molecule has 0 aliphatic carbocycles. The summed E-state index contributed by atoms with van der Waals surface area (Å²) in [6.45, 7) is 2.44. The Bertz CT molecular complexity index is 504. The molecule has 0 aromatic heterocycles. The van der Waals surface area contributed by atoms with E-state index in [4.69, 9.17) is 5.73 Å². The van der Waals surface area contributed by atoms with Gasteiger partial charge in [-0.2, -0.15) is 0 Å². The Morgan fingerprint density at radius 1 is 1.53 bits per heavy atom. The van der Waals surface area contributed by atoms with Gasteiger partial charge in [0.25, 0.3) is 5.69 Å². The molecule has 2 unspecified atom stereocenters. The summed E-state index contributed by atoms with van der Waals surface area (Å²) in [7, 11) is 0. The van der Waals surface area contributed by atoms with Crippen LogP contribution in [0.2, 0.25) is 0 Å². The van der Waals surface area contributed by atoms with Crippen LogP contribution < -0.4 is 5.73 Å². The van der Waals surface area contributed by atoms with E-state index in [0.29, 0.717) is 19.4 Å². The molecule has 2 atom stereocenters. The van der Waals surface area contributed by atoms with E-state index in [2.05, 4.69) is 0 Å². The van der Waals surface area contributed by atoms with Crippen molar-refractivity contribution in [1.82, 2.24) is 4.90 Å². The van der Waals surface area contributed by atoms with Crippen molar-refractivity contribution < 1.29 is 9.72 Å². The molecule has 1 saturated heterocycles. The number of likely N-dealkylation sites (tertiary alicyclic amines) is 1. The SMILES string of the molecule is CCN1C(=O)CCC(N)C1c1cccc([N+](=O)[O-])c1. The van der Waals surface area contributed by atoms with Gasteiger partial charge < -0.3 is 10.6 Å². The molecule has 6 nitrogen and oxygen atoms in total. The average Bonchev–Trinajstić information content (AvgIpc) is 2.41. The minimum Gasteiger partial charge on any atom is -0.334 e. The van der Waals surface area contributed by atoms with Crippen LogP contribution in [0.5, 0.6) is 0 Å². The normalized spacial score (nSPS) is 23.5. The van der Waals surface area contributed by atoms with E-state index in [1.807, 2.05) is 6.92 Å². The summed E-state index contributed by atoms with van der Waals surface area (Å²) in [4.78, 5) is 24.0. The molecule has 1 fully saturated rings. The highest BCUT2D eigenvalue weighted by Crippen LogP contribution is 2.32. The fraction of sp³-hybridized carbons (Fsp3) is 0.462. The molecule has 2 N–H and O–H groups in total. The predicted octanol–water partition coefficient (Wildman–Crippen LogP) is 1.61. The first-order chi connectivity index (χ1) is 9.04. The summed E-state index contributed by atoms with van der Waals surface area (Å²) >= 11 is 0. The fourth-order valence-electron chi connectivity index (χ4n) is 2.60. The molecular weight excluding hydrogens is 246 g/mol. The topological polar surface area (TPSA) is 89.5 Å². The van der Waals surface area contributed by atoms with Crippen LogP contribution in [0.4, 0.5) is 5.69 Å². The second-order valence-corrected chi connectivity index (χ2v) is 4.68. The summed E-state index contributed by atoms with van der Waals surface area (Å²) < 4.78 is 0. The molecule has 1 heterocycles. The zero-order valence-corrected chi connectivity index (χ0v) is 10.8. The highest BCUT2D eigenvalue weighted by molar-refractivity contribution is 5.78. The van der Waals surface area contributed by atoms with Crippen molar-refractivity contribution >= 4 is 11.6 Å². The van der Waals surface area contributed by atoms with Gasteiger partial charge in [-0.1, -0.05) is 12.1 Å². The Morgan fingerprint density at radius 2 is 2.26 bits per heavy atom. The highest BCUT2D eigenvalue weighted by atomic mass is 16.6. The average molecular weight is 263 g/mol. The van der Waals surface area contributed by atoms with Crippen molar-refractivity contribution in [3.05, 3.63) is 39.9 Å². The number of benzene rings is 1. The van der Waals surface area contributed by atoms with Gasteiger partial charge in [0.1, 0.15) is 0 Å². The van der Waals surface area contributed by atoms with Crippen LogP contribution in [0.1, 0.15) is 31.4 Å². The van der Waals surface area contributed by atoms with E-state index in [-0.39, 0.29) is 23.7 Å². The third kappa shape index (κ3) is 2.58. The molecule has 1 amide bonds. The van der Waals surface area contributed by atoms with E-state index < -0.39 is 4.92 Å². The van der Waals surface area contributed by atoms with Crippen molar-refractivity contribution in [3.8, 4) is 0 Å². The van der Waals surface area contributed by atoms with Gasteiger partial charge in [-0.3, -0.25) is 14.9 Å². The van der Waals surface area contributed by atoms with Gasteiger partial charge in [0.05, 0.1) is 11.0 Å². The van der Waals surface area contributed by atoms with E-state index in [9.17, 15) is 14.9 Å². The van der Waals surface area contributed by atoms with Crippen LogP contribution in [0, 0.1) is 10.1 Å². The van der Waals surface area contributed by atoms with Crippen molar-refractivity contribution in [3.63, 3.8) is 0 Å². The van der Waals surface area contributed by atoms with Crippen LogP contribution in [0.15, 0.2) is 24.3 Å². The number of piperidine rings is 1. The van der Waals surface area contributed by atoms with E-state index in [1.54, 1.807) is 17.0 Å². The Balaban J connectivity index is 2.39. The number of amides is 1. The maximum atomic E-state index is 11.9. The molecule has 1 aromatic rings. The minimum atomic E-state index is -0.435. The second-order valence-electron chi connectivity index (χ2n) is 4.68. The molecular formula is C13H17N3O3. The predicted molar refractivity (Wildman–Crippen MR) is 70.4 cm³/mol. The molecule has 1 aliphatic rings. The highest BCUT2D eigenvalue weighted by Gasteiger charge is 2.34. The summed E-state index contributed by atoms with van der Waals surface area (Å²) in [5, 5.41) is 10.8. The Labute approximate surface area is 111 Å². The van der Waals surface area contributed by atoms with Gasteiger partial charge >= 0.3 is 0 Å². The first-order valence-corrected chi connectivity index (χ1v) is 6.34. The lowest BCUT2D eigenvalue weighted by Gasteiger charge is -2.39. The lowest BCUT2D eigenvalue weighted by Crippen LogP contribution is -2.48. The van der Waals surface area contributed by atoms with Crippen molar-refractivity contribution in [2.45, 2.75) is 31.8 Å². The van der Waals surface area contributed by atoms with Crippen molar-refractivity contribution in [2.24, 2.45) is 5.73 Å². The van der Waals surface area contributed by atoms with Crippen LogP contribution in [0.25, 0.3) is 0 Å². The standard InChI is InChI=1S/C13H17N3O3/c1-2-15-12(17)7-6-11(14)13(15)9-4-3-5-10(8-9)16(18)19/h3-5,8,11,13H,2,6-7,14H2,1H3. The third-order valence-corrected chi connectivity index (χ3v) is 3.52. The largest absolute Gasteiger partial charge is 0.334 e. The number of carbonyl (C=O) groups is 1. The second kappa shape index (κ2) is 5.36. The molecule has 0 radical (unpaired) electrons. The summed E-state index contributed by atoms with van der Waals surface area (Å²) in [6.07, 6.45) is 1.06. The molecule has 0 saturated carbocycles. The fourth-order valence-corrected chi connectivity index (χ4v) is 2.60. The first-order valence-electron chi connectivity index (χ1n) is 6.34. The maximum absolute atomic E-state index is 11.9. The smallest absolute Gasteiger partial charge is 0.269 e. The summed E-state index contributed by atoms with van der Waals surface area (Å²) in [6, 6.07) is 5.92. The van der Waals surface area contributed by atoms with E-state index in [1.165, 1.54) is 12.1 Å². The number of rotatable bonds is 3. The van der Waals surface area contributed by atoms with E-state index in [0.717, 1.165) is 5.56 Å². The molecule has 6 heteroatoms. The third-order valence-electron chi connectivity index (χ3n) is 3.52. The number of nitrogens with two attached hydrogens (primary N) is 1. The summed E-state index contributed by atoms with van der Waals surface area (Å²) in [5.41, 5.74) is 6.86. The number of hydrogen-bond donors (Lipinski definition) is 1. The lowest BCUT2D eigenvalue weighted by atomic mass is 9.90. The maximum Gasteiger partial charge on any atom is 0.269 e. The lowest BCUT2D eigenvalue weighted by molar-refractivity contribution is -0.385. The quantitative estimate of drug-likeness (QED) is 0.662. The molecule has 1 aromatic carbocycles. The Kier molecular flexibility index (Phi) is 3.80. The first kappa shape index (κ1) is 13.5. The number of likely N-dealkylation sites (N-methyl/N-ethyl adjacent to an activating group) is 1. The van der Waals surface area contributed by atoms with Crippen LogP contribution in [0.3, 0.4) is 0 Å². The number of nitro groups is 1. The van der Waals surface area contributed by atoms with Gasteiger partial charge in [-0.05, 0) is 18.9 Å². The van der Waals surface area contributed by atoms with Gasteiger partial charge in [0, 0.05) is 31.1 Å². The van der Waals surface area contributed by atoms with Crippen molar-refractivity contribution in [2.75, 3.05) is 6.54 Å². The zero-order chi connectivity index (χ0) is 14.0. The minimum absolute atomic E-state index is 0.0266. The van der Waals surface area contributed by atoms with Crippen LogP contribution in [-0.2, 0) is 4.79 Å². The van der Waals surface area contributed by atoms with Crippen LogP contribution in [-0.4, -0.2) is 28.3 Å². The van der Waals surface area contributed by atoms with Gasteiger partial charge in [0.2, 0.25) is 5.91 Å².